The molecule has 0 saturated heterocycles. The van der Waals surface area contributed by atoms with Crippen molar-refractivity contribution in [3.8, 4) is 0 Å². The summed E-state index contributed by atoms with van der Waals surface area (Å²) >= 11 is 0. The van der Waals surface area contributed by atoms with Crippen LogP contribution in [0.1, 0.15) is 24.1 Å². The lowest BCUT2D eigenvalue weighted by Gasteiger charge is -2.16. The zero-order valence-electron chi connectivity index (χ0n) is 12.5. The molecule has 0 spiro atoms. The molecule has 0 saturated carbocycles. The van der Waals surface area contributed by atoms with Crippen molar-refractivity contribution < 1.29 is 9.13 Å². The third-order valence-corrected chi connectivity index (χ3v) is 4.00. The Bertz CT molecular complexity index is 703. The Kier molecular flexibility index (Phi) is 5.27. The minimum atomic E-state index is -0.885. The van der Waals surface area contributed by atoms with Crippen LogP contribution >= 0.6 is 0 Å². The Morgan fingerprint density at radius 1 is 1.23 bits per heavy atom. The van der Waals surface area contributed by atoms with Crippen molar-refractivity contribution >= 4 is 22.2 Å². The maximum absolute atomic E-state index is 11.3. The minimum absolute atomic E-state index is 0.0673. The van der Waals surface area contributed by atoms with E-state index in [2.05, 4.69) is 5.32 Å². The Balaban J connectivity index is 2.14. The van der Waals surface area contributed by atoms with Crippen molar-refractivity contribution in [1.29, 1.82) is 0 Å². The lowest BCUT2D eigenvalue weighted by Crippen LogP contribution is -2.07. The van der Waals surface area contributed by atoms with Gasteiger partial charge >= 0.3 is 0 Å². The van der Waals surface area contributed by atoms with E-state index in [1.165, 1.54) is 6.07 Å². The van der Waals surface area contributed by atoms with Gasteiger partial charge in [0.05, 0.1) is 4.92 Å². The molecule has 116 valence electrons. The van der Waals surface area contributed by atoms with Crippen LogP contribution in [-0.2, 0) is 16.6 Å². The fourth-order valence-corrected chi connectivity index (χ4v) is 2.88. The zero-order chi connectivity index (χ0) is 16.1. The van der Waals surface area contributed by atoms with E-state index in [1.807, 2.05) is 37.3 Å². The van der Waals surface area contributed by atoms with Gasteiger partial charge in [-0.2, -0.15) is 0 Å². The van der Waals surface area contributed by atoms with Gasteiger partial charge in [-0.3, -0.25) is 14.3 Å². The first kappa shape index (κ1) is 16.2. The van der Waals surface area contributed by atoms with Crippen LogP contribution in [-0.4, -0.2) is 15.4 Å². The Morgan fingerprint density at radius 3 is 2.64 bits per heavy atom. The molecule has 2 aromatic carbocycles. The van der Waals surface area contributed by atoms with Crippen molar-refractivity contribution in [3.63, 3.8) is 0 Å². The number of nitrogens with zero attached hydrogens (tertiary/aromatic N) is 1. The molecule has 5 nitrogen and oxygen atoms in total. The van der Waals surface area contributed by atoms with Crippen molar-refractivity contribution in [1.82, 2.24) is 0 Å². The van der Waals surface area contributed by atoms with Crippen LogP contribution in [0.2, 0.25) is 0 Å². The van der Waals surface area contributed by atoms with Crippen LogP contribution < -0.4 is 5.32 Å². The molecule has 2 aromatic rings. The number of hydrogen-bond acceptors (Lipinski definition) is 4. The van der Waals surface area contributed by atoms with Gasteiger partial charge < -0.3 is 5.32 Å². The summed E-state index contributed by atoms with van der Waals surface area (Å²) < 4.78 is 11.3. The summed E-state index contributed by atoms with van der Waals surface area (Å²) in [4.78, 5) is 10.4. The van der Waals surface area contributed by atoms with E-state index in [4.69, 9.17) is 0 Å². The van der Waals surface area contributed by atoms with Crippen LogP contribution in [0, 0.1) is 10.1 Å². The zero-order valence-corrected chi connectivity index (χ0v) is 13.3. The second-order valence-corrected chi connectivity index (χ2v) is 6.57. The summed E-state index contributed by atoms with van der Waals surface area (Å²) in [6, 6.07) is 14.2. The average Bonchev–Trinajstić information content (AvgIpc) is 2.47. The second kappa shape index (κ2) is 7.17. The predicted molar refractivity (Wildman–Crippen MR) is 89.3 cm³/mol. The molecule has 0 aliphatic heterocycles. The van der Waals surface area contributed by atoms with Gasteiger partial charge in [-0.15, -0.1) is 0 Å². The van der Waals surface area contributed by atoms with Gasteiger partial charge in [0, 0.05) is 46.7 Å². The van der Waals surface area contributed by atoms with Crippen LogP contribution in [0.15, 0.2) is 48.5 Å². The fraction of sp³-hybridized carbons (Fsp3) is 0.250. The molecule has 0 aliphatic rings. The number of hydrogen-bond donors (Lipinski definition) is 1. The summed E-state index contributed by atoms with van der Waals surface area (Å²) in [7, 11) is -0.885. The molecule has 2 atom stereocenters. The molecule has 6 heteroatoms. The molecule has 0 aromatic heterocycles. The first-order valence-electron chi connectivity index (χ1n) is 6.85. The monoisotopic (exact) mass is 318 g/mol. The van der Waals surface area contributed by atoms with E-state index in [-0.39, 0.29) is 11.7 Å². The van der Waals surface area contributed by atoms with Crippen molar-refractivity contribution in [2.75, 3.05) is 11.6 Å². The van der Waals surface area contributed by atoms with Crippen LogP contribution in [0.4, 0.5) is 11.4 Å². The quantitative estimate of drug-likeness (QED) is 0.652. The molecule has 0 fully saturated rings. The predicted octanol–water partition coefficient (Wildman–Crippen LogP) is 3.65. The third kappa shape index (κ3) is 4.39. The molecule has 2 rings (SSSR count). The standard InChI is InChI=1S/C16H18N2O3S/c1-12(14-6-4-8-16(10-14)18(19)20)17-15-7-3-5-13(9-15)11-22(2)21/h3-10,12,17H,11H2,1-2H3/t12-,22-/m0/s1. The fourth-order valence-electron chi connectivity index (χ4n) is 2.23. The van der Waals surface area contributed by atoms with Crippen LogP contribution in [0.25, 0.3) is 0 Å². The average molecular weight is 318 g/mol. The second-order valence-electron chi connectivity index (χ2n) is 5.14. The van der Waals surface area contributed by atoms with Crippen molar-refractivity contribution in [2.24, 2.45) is 0 Å². The topological polar surface area (TPSA) is 72.2 Å². The first-order chi connectivity index (χ1) is 10.5. The smallest absolute Gasteiger partial charge is 0.269 e. The van der Waals surface area contributed by atoms with E-state index < -0.39 is 15.7 Å². The summed E-state index contributed by atoms with van der Waals surface area (Å²) in [6.45, 7) is 1.95. The number of benzene rings is 2. The minimum Gasteiger partial charge on any atom is -0.379 e. The number of non-ortho nitro benzene ring substituents is 1. The van der Waals surface area contributed by atoms with E-state index in [9.17, 15) is 14.3 Å². The molecular weight excluding hydrogens is 300 g/mol. The molecule has 0 aliphatic carbocycles. The number of nitro benzene ring substituents is 1. The molecule has 0 bridgehead atoms. The Hall–Kier alpha value is -2.21. The maximum Gasteiger partial charge on any atom is 0.269 e. The van der Waals surface area contributed by atoms with Gasteiger partial charge in [-0.1, -0.05) is 24.3 Å². The summed E-state index contributed by atoms with van der Waals surface area (Å²) in [5.74, 6) is 0.515. The van der Waals surface area contributed by atoms with E-state index in [0.29, 0.717) is 5.75 Å². The normalized spacial score (nSPS) is 13.4. The molecule has 0 amide bonds. The Labute approximate surface area is 132 Å². The van der Waals surface area contributed by atoms with Crippen LogP contribution in [0.3, 0.4) is 0 Å². The maximum atomic E-state index is 11.3. The largest absolute Gasteiger partial charge is 0.379 e. The van der Waals surface area contributed by atoms with E-state index in [0.717, 1.165) is 16.8 Å². The first-order valence-corrected chi connectivity index (χ1v) is 8.58. The van der Waals surface area contributed by atoms with Gasteiger partial charge in [0.2, 0.25) is 0 Å². The van der Waals surface area contributed by atoms with Gasteiger partial charge in [-0.05, 0) is 30.2 Å². The molecule has 0 unspecified atom stereocenters. The number of nitrogens with one attached hydrogen (secondary N) is 1. The molecule has 22 heavy (non-hydrogen) atoms. The lowest BCUT2D eigenvalue weighted by atomic mass is 10.1. The molecule has 1 N–H and O–H groups in total. The number of rotatable bonds is 6. The van der Waals surface area contributed by atoms with Gasteiger partial charge in [0.1, 0.15) is 0 Å². The third-order valence-electron chi connectivity index (χ3n) is 3.26. The summed E-state index contributed by atoms with van der Waals surface area (Å²) in [6.07, 6.45) is 1.67. The van der Waals surface area contributed by atoms with E-state index >= 15 is 0 Å². The summed E-state index contributed by atoms with van der Waals surface area (Å²) in [5.41, 5.74) is 2.83. The highest BCUT2D eigenvalue weighted by Crippen LogP contribution is 2.23. The lowest BCUT2D eigenvalue weighted by molar-refractivity contribution is -0.384. The van der Waals surface area contributed by atoms with Crippen LogP contribution in [0.5, 0.6) is 0 Å². The van der Waals surface area contributed by atoms with Gasteiger partial charge in [-0.25, -0.2) is 0 Å². The Morgan fingerprint density at radius 2 is 1.95 bits per heavy atom. The highest BCUT2D eigenvalue weighted by Gasteiger charge is 2.11. The highest BCUT2D eigenvalue weighted by molar-refractivity contribution is 7.83. The SMILES string of the molecule is C[C@H](Nc1cccc(C[S@](C)=O)c1)c1cccc([N+](=O)[O-])c1. The molecule has 0 radical (unpaired) electrons. The van der Waals surface area contributed by atoms with Crippen molar-refractivity contribution in [2.45, 2.75) is 18.7 Å². The number of anilines is 1. The van der Waals surface area contributed by atoms with Gasteiger partial charge in [0.25, 0.3) is 5.69 Å². The van der Waals surface area contributed by atoms with E-state index in [1.54, 1.807) is 18.4 Å². The molecular formula is C16H18N2O3S. The summed E-state index contributed by atoms with van der Waals surface area (Å²) in [5, 5.41) is 14.2. The molecule has 0 heterocycles. The van der Waals surface area contributed by atoms with Gasteiger partial charge in [0.15, 0.2) is 0 Å². The highest BCUT2D eigenvalue weighted by atomic mass is 32.2. The number of nitro groups is 1. The van der Waals surface area contributed by atoms with Crippen molar-refractivity contribution in [3.05, 3.63) is 69.8 Å².